The van der Waals surface area contributed by atoms with E-state index in [9.17, 15) is 14.3 Å². The van der Waals surface area contributed by atoms with E-state index in [1.165, 1.54) is 11.1 Å². The molecule has 1 aliphatic rings. The Kier molecular flexibility index (Phi) is 9.47. The molecule has 1 saturated carbocycles. The maximum Gasteiger partial charge on any atom is 0.251 e. The zero-order valence-electron chi connectivity index (χ0n) is 26.0. The normalized spacial score (nSPS) is 15.3. The van der Waals surface area contributed by atoms with Crippen molar-refractivity contribution < 1.29 is 14.3 Å². The van der Waals surface area contributed by atoms with Gasteiger partial charge in [0, 0.05) is 23.5 Å². The second kappa shape index (κ2) is 13.3. The van der Waals surface area contributed by atoms with Gasteiger partial charge in [0.05, 0.1) is 12.1 Å². The average molecular weight is 595 g/mol. The molecule has 1 aromatic heterocycles. The first-order valence-corrected chi connectivity index (χ1v) is 15.3. The van der Waals surface area contributed by atoms with Crippen LogP contribution in [0.1, 0.15) is 56.0 Å². The molecule has 0 radical (unpaired) electrons. The molecule has 4 aromatic rings. The monoisotopic (exact) mass is 594 g/mol. The van der Waals surface area contributed by atoms with Crippen molar-refractivity contribution in [3.8, 4) is 11.1 Å². The van der Waals surface area contributed by atoms with Crippen LogP contribution in [0.15, 0.2) is 91.0 Å². The third-order valence-corrected chi connectivity index (χ3v) is 8.36. The van der Waals surface area contributed by atoms with Crippen molar-refractivity contribution in [2.24, 2.45) is 0 Å². The van der Waals surface area contributed by atoms with Gasteiger partial charge in [0.1, 0.15) is 5.82 Å². The van der Waals surface area contributed by atoms with Gasteiger partial charge in [-0.1, -0.05) is 87.5 Å². The van der Waals surface area contributed by atoms with E-state index in [-0.39, 0.29) is 17.5 Å². The lowest BCUT2D eigenvalue weighted by molar-refractivity contribution is -0.123. The van der Waals surface area contributed by atoms with Gasteiger partial charge in [0.25, 0.3) is 5.91 Å². The van der Waals surface area contributed by atoms with Gasteiger partial charge >= 0.3 is 0 Å². The molecule has 5 rings (SSSR count). The second-order valence-corrected chi connectivity index (χ2v) is 12.9. The van der Waals surface area contributed by atoms with Crippen LogP contribution >= 0.6 is 0 Å². The van der Waals surface area contributed by atoms with Crippen LogP contribution in [0.25, 0.3) is 11.1 Å². The fourth-order valence-corrected chi connectivity index (χ4v) is 5.60. The smallest absolute Gasteiger partial charge is 0.251 e. The number of alkyl halides is 1. The number of hydrogen-bond acceptors (Lipinski definition) is 5. The third kappa shape index (κ3) is 7.90. The molecule has 1 heterocycles. The number of anilines is 2. The Morgan fingerprint density at radius 1 is 0.955 bits per heavy atom. The van der Waals surface area contributed by atoms with Crippen molar-refractivity contribution in [2.75, 3.05) is 18.5 Å². The summed E-state index contributed by atoms with van der Waals surface area (Å²) in [5, 5.41) is 20.9. The highest BCUT2D eigenvalue weighted by atomic mass is 19.1. The minimum absolute atomic E-state index is 0.0417. The molecule has 0 unspecified atom stereocenters. The Balaban J connectivity index is 1.24. The van der Waals surface area contributed by atoms with Crippen LogP contribution in [-0.4, -0.2) is 41.4 Å². The van der Waals surface area contributed by atoms with Crippen LogP contribution in [0.3, 0.4) is 0 Å². The molecule has 6 nitrogen and oxygen atoms in total. The fourth-order valence-electron chi connectivity index (χ4n) is 5.60. The molecule has 0 bridgehead atoms. The summed E-state index contributed by atoms with van der Waals surface area (Å²) in [7, 11) is 0. The van der Waals surface area contributed by atoms with Gasteiger partial charge < -0.3 is 21.1 Å². The Bertz CT molecular complexity index is 1560. The third-order valence-electron chi connectivity index (χ3n) is 8.36. The number of carbonyl (C=O) groups is 1. The zero-order valence-corrected chi connectivity index (χ0v) is 26.0. The topological polar surface area (TPSA) is 86.3 Å². The Hall–Kier alpha value is -4.07. The molecule has 0 saturated heterocycles. The highest BCUT2D eigenvalue weighted by Crippen LogP contribution is 2.46. The SMILES string of the molecule is Cc1cc(-c2ccccc2)cc(Nc2ccc(C[C@H](NC(=O)CF)[C@H](O)CNC3(c4cccc(C(C)(C)C)c4)CC3)cc2)n1. The summed E-state index contributed by atoms with van der Waals surface area (Å²) in [6, 6.07) is 30.0. The van der Waals surface area contributed by atoms with Gasteiger partial charge in [0.15, 0.2) is 6.67 Å². The first-order chi connectivity index (χ1) is 21.0. The maximum atomic E-state index is 13.2. The summed E-state index contributed by atoms with van der Waals surface area (Å²) in [5.74, 6) is 0.0133. The number of carbonyl (C=O) groups excluding carboxylic acids is 1. The van der Waals surface area contributed by atoms with E-state index < -0.39 is 24.7 Å². The highest BCUT2D eigenvalue weighted by molar-refractivity contribution is 5.77. The fraction of sp³-hybridized carbons (Fsp3) is 0.351. The molecule has 0 spiro atoms. The Morgan fingerprint density at radius 2 is 1.68 bits per heavy atom. The summed E-state index contributed by atoms with van der Waals surface area (Å²) in [4.78, 5) is 16.7. The summed E-state index contributed by atoms with van der Waals surface area (Å²) in [6.45, 7) is 7.72. The van der Waals surface area contributed by atoms with Crippen molar-refractivity contribution in [1.82, 2.24) is 15.6 Å². The molecule has 4 N–H and O–H groups in total. The van der Waals surface area contributed by atoms with Crippen molar-refractivity contribution in [2.45, 2.75) is 70.1 Å². The Morgan fingerprint density at radius 3 is 2.34 bits per heavy atom. The van der Waals surface area contributed by atoms with Gasteiger partial charge in [0.2, 0.25) is 0 Å². The van der Waals surface area contributed by atoms with Gasteiger partial charge in [-0.2, -0.15) is 0 Å². The van der Waals surface area contributed by atoms with Crippen molar-refractivity contribution in [3.63, 3.8) is 0 Å². The van der Waals surface area contributed by atoms with E-state index >= 15 is 0 Å². The summed E-state index contributed by atoms with van der Waals surface area (Å²) < 4.78 is 13.2. The summed E-state index contributed by atoms with van der Waals surface area (Å²) >= 11 is 0. The minimum atomic E-state index is -1.13. The molecule has 1 aliphatic carbocycles. The van der Waals surface area contributed by atoms with E-state index in [1.54, 1.807) is 0 Å². The highest BCUT2D eigenvalue weighted by Gasteiger charge is 2.44. The molecule has 44 heavy (non-hydrogen) atoms. The predicted molar refractivity (Wildman–Crippen MR) is 176 cm³/mol. The second-order valence-electron chi connectivity index (χ2n) is 12.9. The van der Waals surface area contributed by atoms with Crippen LogP contribution < -0.4 is 16.0 Å². The van der Waals surface area contributed by atoms with E-state index in [1.807, 2.05) is 55.5 Å². The molecule has 7 heteroatoms. The Labute approximate surface area is 260 Å². The van der Waals surface area contributed by atoms with Crippen molar-refractivity contribution in [3.05, 3.63) is 113 Å². The number of pyridine rings is 1. The van der Waals surface area contributed by atoms with Crippen LogP contribution in [0.4, 0.5) is 15.9 Å². The lowest BCUT2D eigenvalue weighted by Gasteiger charge is -2.28. The first kappa shape index (κ1) is 31.4. The van der Waals surface area contributed by atoms with E-state index in [2.05, 4.69) is 84.2 Å². The molecular formula is C37H43FN4O2. The largest absolute Gasteiger partial charge is 0.390 e. The number of nitrogens with zero attached hydrogens (tertiary/aromatic N) is 1. The molecule has 0 aliphatic heterocycles. The number of benzene rings is 3. The van der Waals surface area contributed by atoms with Gasteiger partial charge in [-0.3, -0.25) is 4.79 Å². The number of aliphatic hydroxyl groups excluding tert-OH is 1. The summed E-state index contributed by atoms with van der Waals surface area (Å²) in [6.07, 6.45) is 1.42. The number of rotatable bonds is 12. The molecule has 1 amide bonds. The number of nitrogens with one attached hydrogen (secondary N) is 3. The number of hydrogen-bond donors (Lipinski definition) is 4. The van der Waals surface area contributed by atoms with Crippen LogP contribution in [0.5, 0.6) is 0 Å². The zero-order chi connectivity index (χ0) is 31.3. The lowest BCUT2D eigenvalue weighted by atomic mass is 9.85. The average Bonchev–Trinajstić information content (AvgIpc) is 3.81. The molecule has 230 valence electrons. The molecular weight excluding hydrogens is 551 g/mol. The number of aromatic nitrogens is 1. The minimum Gasteiger partial charge on any atom is -0.390 e. The van der Waals surface area contributed by atoms with E-state index in [0.717, 1.165) is 46.7 Å². The van der Waals surface area contributed by atoms with Crippen LogP contribution in [0, 0.1) is 6.92 Å². The van der Waals surface area contributed by atoms with Crippen molar-refractivity contribution in [1.29, 1.82) is 0 Å². The van der Waals surface area contributed by atoms with Crippen LogP contribution in [-0.2, 0) is 22.2 Å². The molecule has 2 atom stereocenters. The first-order valence-electron chi connectivity index (χ1n) is 15.3. The quantitative estimate of drug-likeness (QED) is 0.146. The number of aliphatic hydroxyl groups is 1. The van der Waals surface area contributed by atoms with E-state index in [0.29, 0.717) is 6.42 Å². The van der Waals surface area contributed by atoms with Gasteiger partial charge in [-0.25, -0.2) is 9.37 Å². The number of aryl methyl sites for hydroxylation is 1. The van der Waals surface area contributed by atoms with Gasteiger partial charge in [-0.15, -0.1) is 0 Å². The predicted octanol–water partition coefficient (Wildman–Crippen LogP) is 6.73. The van der Waals surface area contributed by atoms with Crippen molar-refractivity contribution >= 4 is 17.4 Å². The number of halogens is 1. The number of amides is 1. The summed E-state index contributed by atoms with van der Waals surface area (Å²) in [5.41, 5.74) is 7.24. The molecule has 3 aromatic carbocycles. The standard InChI is InChI=1S/C37H43FN4O2/c1-25-19-28(27-9-6-5-7-10-27)21-34(40-25)41-31-15-13-26(14-16-31)20-32(42-35(44)23-38)33(43)24-39-37(17-18-37)30-12-8-11-29(22-30)36(2,3)4/h5-16,19,21-22,32-33,39,43H,17-18,20,23-24H2,1-4H3,(H,40,41)(H,42,44)/t32-,33+/m0/s1. The van der Waals surface area contributed by atoms with Crippen LogP contribution in [0.2, 0.25) is 0 Å². The van der Waals surface area contributed by atoms with Gasteiger partial charge in [-0.05, 0) is 83.7 Å². The lowest BCUT2D eigenvalue weighted by Crippen LogP contribution is -2.50. The maximum absolute atomic E-state index is 13.2. The van der Waals surface area contributed by atoms with E-state index in [4.69, 9.17) is 0 Å². The molecule has 1 fully saturated rings.